The lowest BCUT2D eigenvalue weighted by Crippen LogP contribution is -2.11. The molecule has 0 aliphatic carbocycles. The van der Waals surface area contributed by atoms with Crippen LogP contribution in [-0.4, -0.2) is 4.99 Å². The Labute approximate surface area is 119 Å². The zero-order chi connectivity index (χ0) is 14.0. The number of benzene rings is 2. The molecule has 2 aromatic rings. The van der Waals surface area contributed by atoms with E-state index in [9.17, 15) is 0 Å². The Morgan fingerprint density at radius 2 is 1.79 bits per heavy atom. The molecule has 2 rings (SSSR count). The van der Waals surface area contributed by atoms with E-state index in [-0.39, 0.29) is 0 Å². The molecule has 19 heavy (non-hydrogen) atoms. The van der Waals surface area contributed by atoms with Gasteiger partial charge in [-0.2, -0.15) is 0 Å². The second-order valence-electron chi connectivity index (χ2n) is 4.69. The van der Waals surface area contributed by atoms with Crippen LogP contribution in [0.2, 0.25) is 0 Å². The van der Waals surface area contributed by atoms with Gasteiger partial charge in [-0.05, 0) is 49.6 Å². The first-order valence-corrected chi connectivity index (χ1v) is 6.54. The van der Waals surface area contributed by atoms with Gasteiger partial charge in [-0.3, -0.25) is 0 Å². The third-order valence-electron chi connectivity index (χ3n) is 3.03. The van der Waals surface area contributed by atoms with Crippen LogP contribution < -0.4 is 10.5 Å². The molecule has 98 valence electrons. The van der Waals surface area contributed by atoms with Gasteiger partial charge in [0, 0.05) is 0 Å². The number of rotatable bonds is 3. The van der Waals surface area contributed by atoms with Crippen molar-refractivity contribution in [1.29, 1.82) is 0 Å². The number of thiocarbonyl (C=S) groups is 1. The largest absolute Gasteiger partial charge is 0.456 e. The van der Waals surface area contributed by atoms with Gasteiger partial charge in [0.15, 0.2) is 0 Å². The van der Waals surface area contributed by atoms with E-state index in [2.05, 4.69) is 6.07 Å². The lowest BCUT2D eigenvalue weighted by Gasteiger charge is -2.15. The summed E-state index contributed by atoms with van der Waals surface area (Å²) in [7, 11) is 0. The third-order valence-corrected chi connectivity index (χ3v) is 3.25. The molecule has 3 heteroatoms. The summed E-state index contributed by atoms with van der Waals surface area (Å²) >= 11 is 5.08. The molecular formula is C16H17NOS. The molecule has 0 saturated heterocycles. The fourth-order valence-corrected chi connectivity index (χ4v) is 2.07. The summed E-state index contributed by atoms with van der Waals surface area (Å²) in [6.07, 6.45) is 0. The van der Waals surface area contributed by atoms with Crippen LogP contribution >= 0.6 is 12.2 Å². The van der Waals surface area contributed by atoms with E-state index in [0.717, 1.165) is 33.8 Å². The van der Waals surface area contributed by atoms with Gasteiger partial charge in [-0.15, -0.1) is 0 Å². The minimum Gasteiger partial charge on any atom is -0.456 e. The number of nitrogens with two attached hydrogens (primary N) is 1. The third kappa shape index (κ3) is 2.93. The maximum Gasteiger partial charge on any atom is 0.140 e. The van der Waals surface area contributed by atoms with Crippen molar-refractivity contribution in [3.05, 3.63) is 58.7 Å². The molecule has 0 fully saturated rings. The first kappa shape index (κ1) is 13.6. The van der Waals surface area contributed by atoms with Crippen LogP contribution in [0.5, 0.6) is 11.5 Å². The van der Waals surface area contributed by atoms with Gasteiger partial charge in [-0.1, -0.05) is 36.5 Å². The molecule has 0 radical (unpaired) electrons. The second kappa shape index (κ2) is 5.41. The molecule has 0 bridgehead atoms. The first-order valence-electron chi connectivity index (χ1n) is 6.13. The van der Waals surface area contributed by atoms with E-state index < -0.39 is 0 Å². The van der Waals surface area contributed by atoms with E-state index in [1.54, 1.807) is 0 Å². The maximum absolute atomic E-state index is 6.05. The minimum absolute atomic E-state index is 0.351. The predicted molar refractivity (Wildman–Crippen MR) is 83.1 cm³/mol. The average molecular weight is 271 g/mol. The fourth-order valence-electron chi connectivity index (χ4n) is 1.91. The monoisotopic (exact) mass is 271 g/mol. The van der Waals surface area contributed by atoms with Crippen molar-refractivity contribution in [3.63, 3.8) is 0 Å². The van der Waals surface area contributed by atoms with E-state index >= 15 is 0 Å². The Balaban J connectivity index is 2.49. The molecule has 0 amide bonds. The van der Waals surface area contributed by atoms with Crippen LogP contribution in [0.1, 0.15) is 22.3 Å². The van der Waals surface area contributed by atoms with Crippen molar-refractivity contribution in [1.82, 2.24) is 0 Å². The summed E-state index contributed by atoms with van der Waals surface area (Å²) in [5.41, 5.74) is 9.79. The zero-order valence-corrected chi connectivity index (χ0v) is 12.2. The Hall–Kier alpha value is -1.87. The molecule has 0 saturated carbocycles. The van der Waals surface area contributed by atoms with Gasteiger partial charge >= 0.3 is 0 Å². The van der Waals surface area contributed by atoms with Crippen molar-refractivity contribution in [3.8, 4) is 11.5 Å². The van der Waals surface area contributed by atoms with Gasteiger partial charge < -0.3 is 10.5 Å². The van der Waals surface area contributed by atoms with Crippen LogP contribution in [0.25, 0.3) is 0 Å². The summed E-state index contributed by atoms with van der Waals surface area (Å²) < 4.78 is 6.05. The number of para-hydroxylation sites is 1. The Morgan fingerprint density at radius 3 is 2.47 bits per heavy atom. The summed E-state index contributed by atoms with van der Waals surface area (Å²) in [5.74, 6) is 1.58. The van der Waals surface area contributed by atoms with E-state index in [0.29, 0.717) is 4.99 Å². The lowest BCUT2D eigenvalue weighted by atomic mass is 10.1. The number of hydrogen-bond donors (Lipinski definition) is 1. The molecule has 0 heterocycles. The topological polar surface area (TPSA) is 35.2 Å². The normalized spacial score (nSPS) is 10.3. The van der Waals surface area contributed by atoms with Crippen LogP contribution in [-0.2, 0) is 0 Å². The number of hydrogen-bond acceptors (Lipinski definition) is 2. The lowest BCUT2D eigenvalue weighted by molar-refractivity contribution is 0.474. The Morgan fingerprint density at radius 1 is 1.05 bits per heavy atom. The highest BCUT2D eigenvalue weighted by Crippen LogP contribution is 2.31. The van der Waals surface area contributed by atoms with Crippen molar-refractivity contribution in [2.75, 3.05) is 0 Å². The highest BCUT2D eigenvalue weighted by atomic mass is 32.1. The molecule has 0 unspecified atom stereocenters. The molecule has 0 atom stereocenters. The Bertz CT molecular complexity index is 635. The first-order chi connectivity index (χ1) is 8.99. The second-order valence-corrected chi connectivity index (χ2v) is 5.13. The van der Waals surface area contributed by atoms with Gasteiger partial charge in [-0.25, -0.2) is 0 Å². The van der Waals surface area contributed by atoms with Crippen LogP contribution in [0, 0.1) is 20.8 Å². The van der Waals surface area contributed by atoms with Crippen LogP contribution in [0.15, 0.2) is 36.4 Å². The molecular weight excluding hydrogens is 254 g/mol. The molecule has 0 spiro atoms. The predicted octanol–water partition coefficient (Wildman–Crippen LogP) is 4.04. The maximum atomic E-state index is 6.05. The number of aryl methyl sites for hydroxylation is 3. The summed E-state index contributed by atoms with van der Waals surface area (Å²) in [6.45, 7) is 6.05. The van der Waals surface area contributed by atoms with Gasteiger partial charge in [0.05, 0.1) is 5.56 Å². The van der Waals surface area contributed by atoms with Gasteiger partial charge in [0.1, 0.15) is 16.5 Å². The van der Waals surface area contributed by atoms with E-state index in [1.165, 1.54) is 0 Å². The van der Waals surface area contributed by atoms with Crippen LogP contribution in [0.3, 0.4) is 0 Å². The van der Waals surface area contributed by atoms with Crippen molar-refractivity contribution in [2.24, 2.45) is 5.73 Å². The molecule has 0 aliphatic heterocycles. The Kier molecular flexibility index (Phi) is 3.86. The zero-order valence-electron chi connectivity index (χ0n) is 11.4. The average Bonchev–Trinajstić information content (AvgIpc) is 2.35. The smallest absolute Gasteiger partial charge is 0.140 e. The van der Waals surface area contributed by atoms with E-state index in [1.807, 2.05) is 51.1 Å². The SMILES string of the molecule is Cc1ccc(C)c(Oc2c(C)cccc2C(N)=S)c1. The molecule has 0 aromatic heterocycles. The summed E-state index contributed by atoms with van der Waals surface area (Å²) in [6, 6.07) is 11.9. The fraction of sp³-hybridized carbons (Fsp3) is 0.188. The van der Waals surface area contributed by atoms with Crippen LogP contribution in [0.4, 0.5) is 0 Å². The highest BCUT2D eigenvalue weighted by molar-refractivity contribution is 7.80. The summed E-state index contributed by atoms with van der Waals surface area (Å²) in [5, 5.41) is 0. The molecule has 2 nitrogen and oxygen atoms in total. The van der Waals surface area contributed by atoms with Gasteiger partial charge in [0.25, 0.3) is 0 Å². The summed E-state index contributed by atoms with van der Waals surface area (Å²) in [4.78, 5) is 0.351. The molecule has 0 aliphatic rings. The minimum atomic E-state index is 0.351. The molecule has 2 aromatic carbocycles. The van der Waals surface area contributed by atoms with Crippen molar-refractivity contribution >= 4 is 17.2 Å². The van der Waals surface area contributed by atoms with Crippen molar-refractivity contribution < 1.29 is 4.74 Å². The highest BCUT2D eigenvalue weighted by Gasteiger charge is 2.11. The standard InChI is InChI=1S/C16H17NOS/c1-10-7-8-11(2)14(9-10)18-15-12(3)5-4-6-13(15)16(17)19/h4-9H,1-3H3,(H2,17,19). The number of ether oxygens (including phenoxy) is 1. The molecule has 2 N–H and O–H groups in total. The van der Waals surface area contributed by atoms with Gasteiger partial charge in [0.2, 0.25) is 0 Å². The van der Waals surface area contributed by atoms with Crippen molar-refractivity contribution in [2.45, 2.75) is 20.8 Å². The quantitative estimate of drug-likeness (QED) is 0.856. The van der Waals surface area contributed by atoms with E-state index in [4.69, 9.17) is 22.7 Å².